The highest BCUT2D eigenvalue weighted by Gasteiger charge is 2.57. The van der Waals surface area contributed by atoms with Gasteiger partial charge in [-0.05, 0) is 101 Å². The van der Waals surface area contributed by atoms with Gasteiger partial charge < -0.3 is 4.98 Å². The molecule has 0 saturated heterocycles. The summed E-state index contributed by atoms with van der Waals surface area (Å²) in [6.07, 6.45) is 0. The first-order valence-electron chi connectivity index (χ1n) is 10.6. The highest BCUT2D eigenvalue weighted by Crippen LogP contribution is 2.62. The molecule has 0 radical (unpaired) electrons. The van der Waals surface area contributed by atoms with Gasteiger partial charge in [-0.25, -0.2) is 0 Å². The van der Waals surface area contributed by atoms with Crippen molar-refractivity contribution in [1.82, 2.24) is 4.98 Å². The zero-order valence-electron chi connectivity index (χ0n) is 18.8. The van der Waals surface area contributed by atoms with Gasteiger partial charge in [-0.3, -0.25) is 0 Å². The molecule has 25 heavy (non-hydrogen) atoms. The highest BCUT2D eigenvalue weighted by molar-refractivity contribution is 6.79. The second kappa shape index (κ2) is 7.00. The van der Waals surface area contributed by atoms with Gasteiger partial charge in [0.2, 0.25) is 0 Å². The maximum atomic E-state index is 4.26. The highest BCUT2D eigenvalue weighted by atomic mass is 28.3. The maximum Gasteiger partial charge on any atom is 0.129 e. The van der Waals surface area contributed by atoms with Crippen molar-refractivity contribution >= 4 is 8.24 Å². The van der Waals surface area contributed by atoms with Gasteiger partial charge in [-0.2, -0.15) is 0 Å². The van der Waals surface area contributed by atoms with E-state index in [1.165, 1.54) is 12.1 Å². The van der Waals surface area contributed by atoms with Crippen LogP contribution in [0.4, 0.5) is 0 Å². The first-order valence-corrected chi connectivity index (χ1v) is 13.1. The van der Waals surface area contributed by atoms with E-state index in [4.69, 9.17) is 0 Å². The van der Waals surface area contributed by atoms with Gasteiger partial charge in [-0.15, -0.1) is 0 Å². The van der Waals surface area contributed by atoms with Crippen LogP contribution in [0.15, 0.2) is 22.3 Å². The number of nitrogens with one attached hydrogen (secondary N) is 1. The van der Waals surface area contributed by atoms with Crippen LogP contribution in [0.3, 0.4) is 0 Å². The fourth-order valence-electron chi connectivity index (χ4n) is 6.40. The monoisotopic (exact) mass is 361 g/mol. The molecule has 0 heterocycles. The Morgan fingerprint density at radius 1 is 0.800 bits per heavy atom. The molecular weight excluding hydrogens is 318 g/mol. The molecule has 0 aliphatic heterocycles. The van der Waals surface area contributed by atoms with Crippen LogP contribution < -0.4 is 4.98 Å². The number of hydrogen-bond donors (Lipinski definition) is 1. The summed E-state index contributed by atoms with van der Waals surface area (Å²) in [6, 6.07) is 2.69. The Hall–Kier alpha value is -0.343. The summed E-state index contributed by atoms with van der Waals surface area (Å²) in [4.78, 5) is 4.26. The Balaban J connectivity index is 2.61. The van der Waals surface area contributed by atoms with Gasteiger partial charge in [0.1, 0.15) is 8.24 Å². The van der Waals surface area contributed by atoms with E-state index in [0.29, 0.717) is 0 Å². The van der Waals surface area contributed by atoms with Crippen molar-refractivity contribution in [3.63, 3.8) is 0 Å². The molecule has 144 valence electrons. The van der Waals surface area contributed by atoms with Crippen molar-refractivity contribution in [2.24, 2.45) is 23.7 Å². The normalized spacial score (nSPS) is 34.0. The van der Waals surface area contributed by atoms with E-state index in [0.717, 1.165) is 29.2 Å². The topological polar surface area (TPSA) is 12.0 Å². The first kappa shape index (κ1) is 21.0. The van der Waals surface area contributed by atoms with Crippen molar-refractivity contribution in [3.05, 3.63) is 22.3 Å². The van der Waals surface area contributed by atoms with Gasteiger partial charge in [0, 0.05) is 5.54 Å². The van der Waals surface area contributed by atoms with Gasteiger partial charge in [0.05, 0.1) is 0 Å². The predicted molar refractivity (Wildman–Crippen MR) is 115 cm³/mol. The van der Waals surface area contributed by atoms with Crippen molar-refractivity contribution in [2.45, 2.75) is 99.3 Å². The lowest BCUT2D eigenvalue weighted by Gasteiger charge is -2.47. The molecule has 0 aromatic heterocycles. The summed E-state index contributed by atoms with van der Waals surface area (Å²) in [6.45, 7) is 26.7. The number of rotatable bonds is 4. The van der Waals surface area contributed by atoms with E-state index < -0.39 is 8.24 Å². The molecule has 2 rings (SSSR count). The van der Waals surface area contributed by atoms with Crippen LogP contribution in [0, 0.1) is 23.7 Å². The summed E-state index contributed by atoms with van der Waals surface area (Å²) in [5.74, 6) is 3.12. The van der Waals surface area contributed by atoms with Crippen molar-refractivity contribution < 1.29 is 0 Å². The van der Waals surface area contributed by atoms with Crippen molar-refractivity contribution in [1.29, 1.82) is 0 Å². The molecule has 5 atom stereocenters. The Kier molecular flexibility index (Phi) is 5.87. The molecule has 1 saturated carbocycles. The lowest BCUT2D eigenvalue weighted by Crippen LogP contribution is -2.62. The molecule has 2 aliphatic rings. The van der Waals surface area contributed by atoms with Crippen LogP contribution in [0.1, 0.15) is 76.2 Å². The number of hydrogen-bond acceptors (Lipinski definition) is 1. The fourth-order valence-corrected chi connectivity index (χ4v) is 12.3. The standard InChI is InChI=1S/C23H43NSi/c1-12-25(13-2,24-23(9,10)11)22-19(8)18(7)20-16(5)14(3)15(4)17(6)21(20)22/h18-22,24H,12-13H2,1-11H3. The van der Waals surface area contributed by atoms with Crippen molar-refractivity contribution in [3.8, 4) is 0 Å². The third-order valence-electron chi connectivity index (χ3n) is 8.01. The number of fused-ring (bicyclic) bond motifs is 1. The second-order valence-corrected chi connectivity index (χ2v) is 14.8. The molecular formula is C23H43NSi. The number of allylic oxidation sites excluding steroid dienone is 4. The smallest absolute Gasteiger partial charge is 0.129 e. The molecule has 2 heteroatoms. The lowest BCUT2D eigenvalue weighted by atomic mass is 9.72. The Bertz CT molecular complexity index is 573. The van der Waals surface area contributed by atoms with Crippen LogP contribution in [-0.2, 0) is 0 Å². The van der Waals surface area contributed by atoms with Crippen LogP contribution in [0.5, 0.6) is 0 Å². The average molecular weight is 362 g/mol. The van der Waals surface area contributed by atoms with Gasteiger partial charge in [0.25, 0.3) is 0 Å². The quantitative estimate of drug-likeness (QED) is 0.535. The summed E-state index contributed by atoms with van der Waals surface area (Å²) in [5, 5.41) is 0. The van der Waals surface area contributed by atoms with E-state index in [-0.39, 0.29) is 5.54 Å². The first-order chi connectivity index (χ1) is 11.4. The van der Waals surface area contributed by atoms with Gasteiger partial charge in [-0.1, -0.05) is 38.8 Å². The third kappa shape index (κ3) is 3.34. The van der Waals surface area contributed by atoms with E-state index in [9.17, 15) is 0 Å². The molecule has 1 N–H and O–H groups in total. The third-order valence-corrected chi connectivity index (χ3v) is 13.9. The molecule has 5 unspecified atom stereocenters. The summed E-state index contributed by atoms with van der Waals surface area (Å²) >= 11 is 0. The Morgan fingerprint density at radius 3 is 1.64 bits per heavy atom. The molecule has 0 bridgehead atoms. The lowest BCUT2D eigenvalue weighted by molar-refractivity contribution is 0.370. The minimum absolute atomic E-state index is 0.210. The summed E-state index contributed by atoms with van der Waals surface area (Å²) in [5.41, 5.74) is 7.59. The van der Waals surface area contributed by atoms with Crippen LogP contribution >= 0.6 is 0 Å². The molecule has 0 amide bonds. The Morgan fingerprint density at radius 2 is 1.24 bits per heavy atom. The second-order valence-electron chi connectivity index (χ2n) is 10.1. The minimum Gasteiger partial charge on any atom is -0.332 e. The average Bonchev–Trinajstić information content (AvgIpc) is 2.80. The summed E-state index contributed by atoms with van der Waals surface area (Å²) in [7, 11) is -1.59. The molecule has 0 aromatic rings. The van der Waals surface area contributed by atoms with E-state index in [1.807, 2.05) is 0 Å². The van der Waals surface area contributed by atoms with Crippen molar-refractivity contribution in [2.75, 3.05) is 0 Å². The predicted octanol–water partition coefficient (Wildman–Crippen LogP) is 6.93. The van der Waals surface area contributed by atoms with E-state index in [2.05, 4.69) is 81.1 Å². The Labute approximate surface area is 158 Å². The van der Waals surface area contributed by atoms with Gasteiger partial charge in [0.15, 0.2) is 0 Å². The zero-order chi connectivity index (χ0) is 19.3. The van der Waals surface area contributed by atoms with Crippen LogP contribution in [0.2, 0.25) is 17.6 Å². The van der Waals surface area contributed by atoms with E-state index in [1.54, 1.807) is 22.3 Å². The van der Waals surface area contributed by atoms with Gasteiger partial charge >= 0.3 is 0 Å². The van der Waals surface area contributed by atoms with Crippen LogP contribution in [0.25, 0.3) is 0 Å². The molecule has 1 nitrogen and oxygen atoms in total. The fraction of sp³-hybridized carbons (Fsp3) is 0.826. The molecule has 0 aromatic carbocycles. The zero-order valence-corrected chi connectivity index (χ0v) is 19.8. The van der Waals surface area contributed by atoms with Crippen LogP contribution in [-0.4, -0.2) is 13.8 Å². The SMILES string of the molecule is CC[Si](CC)(NC(C)(C)C)C1C(C)C(C)C2C(C)=C(C)C(C)=C(C)C21. The largest absolute Gasteiger partial charge is 0.332 e. The van der Waals surface area contributed by atoms with E-state index >= 15 is 0 Å². The maximum absolute atomic E-state index is 4.26. The minimum atomic E-state index is -1.59. The molecule has 0 spiro atoms. The summed E-state index contributed by atoms with van der Waals surface area (Å²) < 4.78 is 0. The molecule has 2 aliphatic carbocycles. The molecule has 1 fully saturated rings.